The zero-order valence-corrected chi connectivity index (χ0v) is 9.79. The van der Waals surface area contributed by atoms with Crippen LogP contribution in [0.5, 0.6) is 0 Å². The first-order valence-corrected chi connectivity index (χ1v) is 5.28. The molecule has 4 nitrogen and oxygen atoms in total. The summed E-state index contributed by atoms with van der Waals surface area (Å²) in [5.41, 5.74) is 0. The molecule has 1 amide bonds. The third kappa shape index (κ3) is 5.54. The quantitative estimate of drug-likeness (QED) is 0.534. The van der Waals surface area contributed by atoms with E-state index in [9.17, 15) is 4.79 Å². The molecule has 0 heterocycles. The largest absolute Gasteiger partial charge is 0.395 e. The molecule has 2 unspecified atom stereocenters. The molecule has 3 N–H and O–H groups in total. The lowest BCUT2D eigenvalue weighted by Gasteiger charge is -2.23. The van der Waals surface area contributed by atoms with Crippen LogP contribution in [0.1, 0.15) is 20.8 Å². The first-order chi connectivity index (χ1) is 7.02. The van der Waals surface area contributed by atoms with E-state index < -0.39 is 0 Å². The van der Waals surface area contributed by atoms with Gasteiger partial charge < -0.3 is 15.7 Å². The van der Waals surface area contributed by atoms with Crippen molar-refractivity contribution in [2.24, 2.45) is 5.92 Å². The van der Waals surface area contributed by atoms with E-state index in [2.05, 4.69) is 17.2 Å². The van der Waals surface area contributed by atoms with Crippen LogP contribution in [0.25, 0.3) is 0 Å². The highest BCUT2D eigenvalue weighted by molar-refractivity contribution is 5.81. The molecule has 0 aliphatic rings. The summed E-state index contributed by atoms with van der Waals surface area (Å²) in [5.74, 6) is 0.221. The van der Waals surface area contributed by atoms with Crippen LogP contribution in [-0.2, 0) is 4.79 Å². The highest BCUT2D eigenvalue weighted by atomic mass is 16.3. The van der Waals surface area contributed by atoms with Gasteiger partial charge in [-0.05, 0) is 12.8 Å². The van der Waals surface area contributed by atoms with Crippen molar-refractivity contribution in [3.05, 3.63) is 12.7 Å². The molecule has 0 saturated heterocycles. The maximum absolute atomic E-state index is 11.5. The average Bonchev–Trinajstić information content (AvgIpc) is 2.21. The number of aliphatic hydroxyl groups excluding tert-OH is 1. The summed E-state index contributed by atoms with van der Waals surface area (Å²) in [6.45, 7) is 9.81. The minimum atomic E-state index is -0.301. The Morgan fingerprint density at radius 3 is 2.47 bits per heavy atom. The summed E-state index contributed by atoms with van der Waals surface area (Å²) < 4.78 is 0. The van der Waals surface area contributed by atoms with Gasteiger partial charge in [-0.2, -0.15) is 0 Å². The summed E-state index contributed by atoms with van der Waals surface area (Å²) in [4.78, 5) is 11.5. The number of hydrogen-bond donors (Lipinski definition) is 3. The SMILES string of the molecule is C=CCNC(=O)C(C)NC(CO)C(C)C. The van der Waals surface area contributed by atoms with E-state index in [1.807, 2.05) is 13.8 Å². The van der Waals surface area contributed by atoms with E-state index in [4.69, 9.17) is 5.11 Å². The number of carbonyl (C=O) groups is 1. The van der Waals surface area contributed by atoms with Gasteiger partial charge in [0.1, 0.15) is 0 Å². The van der Waals surface area contributed by atoms with E-state index >= 15 is 0 Å². The zero-order chi connectivity index (χ0) is 11.8. The molecular formula is C11H22N2O2. The zero-order valence-electron chi connectivity index (χ0n) is 9.79. The van der Waals surface area contributed by atoms with Crippen molar-refractivity contribution < 1.29 is 9.90 Å². The minimum Gasteiger partial charge on any atom is -0.395 e. The monoisotopic (exact) mass is 214 g/mol. The molecule has 0 fully saturated rings. The maximum atomic E-state index is 11.5. The average molecular weight is 214 g/mol. The van der Waals surface area contributed by atoms with Crippen LogP contribution in [0, 0.1) is 5.92 Å². The second-order valence-electron chi connectivity index (χ2n) is 3.96. The van der Waals surface area contributed by atoms with Gasteiger partial charge in [0.05, 0.1) is 12.6 Å². The number of rotatable bonds is 7. The van der Waals surface area contributed by atoms with E-state index in [1.54, 1.807) is 13.0 Å². The van der Waals surface area contributed by atoms with Gasteiger partial charge in [-0.25, -0.2) is 0 Å². The van der Waals surface area contributed by atoms with E-state index in [0.29, 0.717) is 12.5 Å². The van der Waals surface area contributed by atoms with Crippen molar-refractivity contribution >= 4 is 5.91 Å². The summed E-state index contributed by atoms with van der Waals surface area (Å²) in [6.07, 6.45) is 1.64. The Kier molecular flexibility index (Phi) is 6.99. The lowest BCUT2D eigenvalue weighted by molar-refractivity contribution is -0.122. The highest BCUT2D eigenvalue weighted by Gasteiger charge is 2.18. The van der Waals surface area contributed by atoms with Gasteiger partial charge in [-0.15, -0.1) is 6.58 Å². The fourth-order valence-corrected chi connectivity index (χ4v) is 1.18. The van der Waals surface area contributed by atoms with Crippen LogP contribution in [0.15, 0.2) is 12.7 Å². The van der Waals surface area contributed by atoms with E-state index in [0.717, 1.165) is 0 Å². The van der Waals surface area contributed by atoms with Gasteiger partial charge in [0.2, 0.25) is 5.91 Å². The van der Waals surface area contributed by atoms with Crippen LogP contribution in [-0.4, -0.2) is 36.2 Å². The predicted molar refractivity (Wildman–Crippen MR) is 61.5 cm³/mol. The van der Waals surface area contributed by atoms with Crippen LogP contribution in [0.3, 0.4) is 0 Å². The molecule has 0 saturated carbocycles. The van der Waals surface area contributed by atoms with Gasteiger partial charge in [0.25, 0.3) is 0 Å². The molecule has 0 radical (unpaired) electrons. The van der Waals surface area contributed by atoms with Gasteiger partial charge in [-0.3, -0.25) is 4.79 Å². The molecule has 0 aliphatic carbocycles. The highest BCUT2D eigenvalue weighted by Crippen LogP contribution is 2.01. The second-order valence-corrected chi connectivity index (χ2v) is 3.96. The first-order valence-electron chi connectivity index (χ1n) is 5.28. The van der Waals surface area contributed by atoms with E-state index in [-0.39, 0.29) is 24.6 Å². The van der Waals surface area contributed by atoms with Crippen LogP contribution in [0.2, 0.25) is 0 Å². The minimum absolute atomic E-state index is 0.0384. The van der Waals surface area contributed by atoms with Crippen molar-refractivity contribution in [1.82, 2.24) is 10.6 Å². The molecule has 0 aliphatic heterocycles. The summed E-state index contributed by atoms with van der Waals surface area (Å²) >= 11 is 0. The normalized spacial score (nSPS) is 14.7. The molecule has 0 aromatic carbocycles. The van der Waals surface area contributed by atoms with Crippen LogP contribution in [0.4, 0.5) is 0 Å². The van der Waals surface area contributed by atoms with Gasteiger partial charge in [-0.1, -0.05) is 19.9 Å². The topological polar surface area (TPSA) is 61.4 Å². The Morgan fingerprint density at radius 2 is 2.07 bits per heavy atom. The molecule has 0 aromatic heterocycles. The molecule has 88 valence electrons. The van der Waals surface area contributed by atoms with Gasteiger partial charge in [0, 0.05) is 12.6 Å². The molecule has 0 bridgehead atoms. The van der Waals surface area contributed by atoms with Crippen LogP contribution >= 0.6 is 0 Å². The maximum Gasteiger partial charge on any atom is 0.237 e. The summed E-state index contributed by atoms with van der Waals surface area (Å²) in [5, 5.41) is 14.9. The standard InChI is InChI=1S/C11H22N2O2/c1-5-6-12-11(15)9(4)13-10(7-14)8(2)3/h5,8-10,13-14H,1,6-7H2,2-4H3,(H,12,15). The smallest absolute Gasteiger partial charge is 0.237 e. The second kappa shape index (κ2) is 7.43. The molecule has 15 heavy (non-hydrogen) atoms. The number of hydrogen-bond acceptors (Lipinski definition) is 3. The van der Waals surface area contributed by atoms with Crippen molar-refractivity contribution in [2.75, 3.05) is 13.2 Å². The number of carbonyl (C=O) groups excluding carboxylic acids is 1. The van der Waals surface area contributed by atoms with Gasteiger partial charge >= 0.3 is 0 Å². The molecular weight excluding hydrogens is 192 g/mol. The van der Waals surface area contributed by atoms with Crippen molar-refractivity contribution in [3.8, 4) is 0 Å². The molecule has 0 aromatic rings. The van der Waals surface area contributed by atoms with Crippen molar-refractivity contribution in [3.63, 3.8) is 0 Å². The number of aliphatic hydroxyl groups is 1. The fourth-order valence-electron chi connectivity index (χ4n) is 1.18. The Labute approximate surface area is 91.8 Å². The Morgan fingerprint density at radius 1 is 1.47 bits per heavy atom. The van der Waals surface area contributed by atoms with E-state index in [1.165, 1.54) is 0 Å². The third-order valence-corrected chi connectivity index (χ3v) is 2.28. The lowest BCUT2D eigenvalue weighted by Crippen LogP contribution is -2.49. The van der Waals surface area contributed by atoms with Crippen molar-refractivity contribution in [1.29, 1.82) is 0 Å². The molecule has 4 heteroatoms. The molecule has 0 spiro atoms. The predicted octanol–water partition coefficient (Wildman–Crippen LogP) is 0.284. The first kappa shape index (κ1) is 14.1. The number of nitrogens with one attached hydrogen (secondary N) is 2. The summed E-state index contributed by atoms with van der Waals surface area (Å²) in [6, 6.07) is -0.348. The van der Waals surface area contributed by atoms with Gasteiger partial charge in [0.15, 0.2) is 0 Å². The van der Waals surface area contributed by atoms with Crippen molar-refractivity contribution in [2.45, 2.75) is 32.9 Å². The Balaban J connectivity index is 4.03. The number of amides is 1. The fraction of sp³-hybridized carbons (Fsp3) is 0.727. The molecule has 2 atom stereocenters. The summed E-state index contributed by atoms with van der Waals surface area (Å²) in [7, 11) is 0. The Bertz CT molecular complexity index is 205. The Hall–Kier alpha value is -0.870. The lowest BCUT2D eigenvalue weighted by atomic mass is 10.0. The van der Waals surface area contributed by atoms with Crippen LogP contribution < -0.4 is 10.6 Å². The molecule has 0 rings (SSSR count). The third-order valence-electron chi connectivity index (χ3n) is 2.28.